The summed E-state index contributed by atoms with van der Waals surface area (Å²) < 4.78 is 26.1. The van der Waals surface area contributed by atoms with Gasteiger partial charge in [-0.25, -0.2) is 4.39 Å². The van der Waals surface area contributed by atoms with Gasteiger partial charge in [0, 0.05) is 27.7 Å². The summed E-state index contributed by atoms with van der Waals surface area (Å²) in [5.74, 6) is 3.60. The fourth-order valence-corrected chi connectivity index (χ4v) is 8.95. The Morgan fingerprint density at radius 3 is 2.08 bits per heavy atom. The Balaban J connectivity index is 0.000000309. The van der Waals surface area contributed by atoms with E-state index in [0.717, 1.165) is 70.9 Å². The molecule has 0 spiro atoms. The lowest BCUT2D eigenvalue weighted by Crippen LogP contribution is -2.20. The number of aromatic nitrogens is 1. The van der Waals surface area contributed by atoms with Crippen LogP contribution in [0.3, 0.4) is 0 Å². The van der Waals surface area contributed by atoms with Gasteiger partial charge < -0.3 is 20.2 Å². The molecule has 0 saturated heterocycles. The molecule has 5 aromatic rings. The second-order valence-corrected chi connectivity index (χ2v) is 18.0. The van der Waals surface area contributed by atoms with Gasteiger partial charge in [0.1, 0.15) is 11.5 Å². The maximum atomic E-state index is 13.5. The fourth-order valence-electron chi connectivity index (χ4n) is 8.95. The number of ether oxygens (including phenoxy) is 2. The van der Waals surface area contributed by atoms with Crippen LogP contribution in [0.25, 0.3) is 22.0 Å². The molecule has 6 heteroatoms. The van der Waals surface area contributed by atoms with Crippen molar-refractivity contribution in [3.05, 3.63) is 137 Å². The Hall–Kier alpha value is -5.10. The first kappa shape index (κ1) is 51.5. The smallest absolute Gasteiger partial charge is 0.210 e. The Bertz CT molecular complexity index is 2240. The molecule has 3 N–H and O–H groups in total. The monoisotopic (exact) mass is 871 g/mol. The number of allylic oxidation sites excluding steroid dienone is 3. The number of H-pyrrole nitrogens is 1. The Morgan fingerprint density at radius 2 is 1.48 bits per heavy atom. The van der Waals surface area contributed by atoms with Gasteiger partial charge >= 0.3 is 0 Å². The van der Waals surface area contributed by atoms with Gasteiger partial charge in [0.2, 0.25) is 5.78 Å². The number of nitrogens with two attached hydrogens (primary N) is 1. The van der Waals surface area contributed by atoms with Crippen LogP contribution < -0.4 is 15.2 Å². The molecule has 1 fully saturated rings. The van der Waals surface area contributed by atoms with E-state index >= 15 is 0 Å². The van der Waals surface area contributed by atoms with Gasteiger partial charge in [0.05, 0.1) is 11.8 Å². The second-order valence-electron chi connectivity index (χ2n) is 18.0. The normalized spacial score (nSPS) is 14.3. The molecule has 1 heterocycles. The highest BCUT2D eigenvalue weighted by Gasteiger charge is 2.26. The van der Waals surface area contributed by atoms with E-state index in [1.54, 1.807) is 25.1 Å². The summed E-state index contributed by atoms with van der Waals surface area (Å²) in [5, 5.41) is 0.957. The van der Waals surface area contributed by atoms with Gasteiger partial charge in [-0.15, -0.1) is 0 Å². The minimum atomic E-state index is -0.340. The summed E-state index contributed by atoms with van der Waals surface area (Å²) in [5.41, 5.74) is 14.0. The van der Waals surface area contributed by atoms with Crippen LogP contribution >= 0.6 is 0 Å². The Morgan fingerprint density at radius 1 is 0.797 bits per heavy atom. The molecule has 3 atom stereocenters. The lowest BCUT2D eigenvalue weighted by atomic mass is 9.83. The van der Waals surface area contributed by atoms with E-state index in [4.69, 9.17) is 15.2 Å². The zero-order valence-corrected chi connectivity index (χ0v) is 40.8. The SMILES string of the molecule is C=C/C(C(=O)c1cc2cc(OC(CCC)CCC(CCC)C3CCCC3)c(-c3ccccc3C)cc2[nH]1)=C(\C)N.CCC(C)c1ccc(Oc2ccccc2F)c(C)c1.CCCCC. The minimum Gasteiger partial charge on any atom is -0.490 e. The van der Waals surface area contributed by atoms with Crippen molar-refractivity contribution in [1.82, 2.24) is 4.98 Å². The maximum Gasteiger partial charge on any atom is 0.210 e. The Labute approximate surface area is 386 Å². The summed E-state index contributed by atoms with van der Waals surface area (Å²) in [6.45, 7) is 23.0. The van der Waals surface area contributed by atoms with Crippen LogP contribution in [0, 0.1) is 31.5 Å². The van der Waals surface area contributed by atoms with Crippen molar-refractivity contribution < 1.29 is 18.7 Å². The van der Waals surface area contributed by atoms with Crippen molar-refractivity contribution in [3.8, 4) is 28.4 Å². The van der Waals surface area contributed by atoms with Crippen LogP contribution in [-0.2, 0) is 0 Å². The van der Waals surface area contributed by atoms with E-state index in [-0.39, 0.29) is 23.5 Å². The van der Waals surface area contributed by atoms with Crippen molar-refractivity contribution in [2.24, 2.45) is 17.6 Å². The maximum absolute atomic E-state index is 13.5. The van der Waals surface area contributed by atoms with Gasteiger partial charge in [-0.05, 0) is 123 Å². The van der Waals surface area contributed by atoms with Crippen LogP contribution in [0.4, 0.5) is 4.39 Å². The summed E-state index contributed by atoms with van der Waals surface area (Å²) in [7, 11) is 0. The summed E-state index contributed by atoms with van der Waals surface area (Å²) in [4.78, 5) is 16.5. The highest BCUT2D eigenvalue weighted by Crippen LogP contribution is 2.40. The highest BCUT2D eigenvalue weighted by atomic mass is 19.1. The molecule has 0 amide bonds. The van der Waals surface area contributed by atoms with Crippen molar-refractivity contribution in [2.45, 2.75) is 164 Å². The largest absolute Gasteiger partial charge is 0.490 e. The fraction of sp³-hybridized carbons (Fsp3) is 0.466. The number of aromatic amines is 1. The summed E-state index contributed by atoms with van der Waals surface area (Å²) in [6, 6.07) is 27.1. The van der Waals surface area contributed by atoms with Gasteiger partial charge in [0.15, 0.2) is 11.6 Å². The van der Waals surface area contributed by atoms with Gasteiger partial charge in [0.25, 0.3) is 0 Å². The van der Waals surface area contributed by atoms with Crippen molar-refractivity contribution in [1.29, 1.82) is 0 Å². The van der Waals surface area contributed by atoms with E-state index in [1.165, 1.54) is 87.5 Å². The molecule has 64 heavy (non-hydrogen) atoms. The molecule has 5 nitrogen and oxygen atoms in total. The van der Waals surface area contributed by atoms with Gasteiger partial charge in [-0.1, -0.05) is 167 Å². The van der Waals surface area contributed by atoms with Gasteiger partial charge in [-0.3, -0.25) is 4.79 Å². The van der Waals surface area contributed by atoms with Gasteiger partial charge in [-0.2, -0.15) is 0 Å². The average molecular weight is 871 g/mol. The topological polar surface area (TPSA) is 77.3 Å². The number of nitrogens with one attached hydrogen (secondary N) is 1. The number of benzene rings is 4. The molecule has 1 aromatic heterocycles. The van der Waals surface area contributed by atoms with E-state index in [0.29, 0.717) is 28.6 Å². The zero-order valence-electron chi connectivity index (χ0n) is 40.8. The first-order valence-corrected chi connectivity index (χ1v) is 24.4. The number of carbonyl (C=O) groups is 1. The molecule has 3 unspecified atom stereocenters. The predicted molar refractivity (Wildman–Crippen MR) is 270 cm³/mol. The van der Waals surface area contributed by atoms with E-state index < -0.39 is 0 Å². The first-order valence-electron chi connectivity index (χ1n) is 24.4. The van der Waals surface area contributed by atoms with E-state index in [1.807, 2.05) is 19.1 Å². The minimum absolute atomic E-state index is 0.149. The number of hydrogen-bond acceptors (Lipinski definition) is 4. The third kappa shape index (κ3) is 14.7. The van der Waals surface area contributed by atoms with E-state index in [9.17, 15) is 9.18 Å². The molecular weight excluding hydrogens is 792 g/mol. The molecule has 0 aliphatic heterocycles. The number of unbranched alkanes of at least 4 members (excludes halogenated alkanes) is 2. The van der Waals surface area contributed by atoms with E-state index in [2.05, 4.69) is 109 Å². The summed E-state index contributed by atoms with van der Waals surface area (Å²) in [6.07, 6.45) is 19.5. The number of carbonyl (C=O) groups excluding carboxylic acids is 1. The van der Waals surface area contributed by atoms with Crippen LogP contribution in [0.1, 0.15) is 171 Å². The molecule has 346 valence electrons. The van der Waals surface area contributed by atoms with Crippen LogP contribution in [0.15, 0.2) is 109 Å². The number of ketones is 1. The number of fused-ring (bicyclic) bond motifs is 1. The number of halogens is 1. The molecule has 1 aliphatic carbocycles. The zero-order chi connectivity index (χ0) is 46.6. The third-order valence-electron chi connectivity index (χ3n) is 12.9. The molecule has 4 aromatic carbocycles. The number of aryl methyl sites for hydroxylation is 2. The molecule has 0 radical (unpaired) electrons. The molecular formula is C58H79FN2O3. The third-order valence-corrected chi connectivity index (χ3v) is 12.9. The molecule has 1 saturated carbocycles. The quantitative estimate of drug-likeness (QED) is 0.0464. The lowest BCUT2D eigenvalue weighted by Gasteiger charge is -2.27. The average Bonchev–Trinajstić information content (AvgIpc) is 3.98. The van der Waals surface area contributed by atoms with Crippen molar-refractivity contribution in [3.63, 3.8) is 0 Å². The number of hydrogen-bond donors (Lipinski definition) is 2. The second kappa shape index (κ2) is 26.6. The number of Topliss-reactive ketones (excluding diaryl/α,β-unsaturated/α-hetero) is 1. The predicted octanol–water partition coefficient (Wildman–Crippen LogP) is 17.3. The van der Waals surface area contributed by atoms with Crippen molar-refractivity contribution in [2.75, 3.05) is 0 Å². The summed E-state index contributed by atoms with van der Waals surface area (Å²) >= 11 is 0. The Kier molecular flexibility index (Phi) is 21.4. The molecule has 6 rings (SSSR count). The van der Waals surface area contributed by atoms with Crippen molar-refractivity contribution >= 4 is 16.7 Å². The number of rotatable bonds is 20. The standard InChI is InChI=1S/C36H48N2O2.C17H19FO.C5H12/c1-6-13-26(27-16-10-11-17-27)19-20-29(14-7-2)40-35-22-28-21-34(36(39)30(8-3)25(5)37)38-33(28)23-32(35)31-18-12-9-15-24(31)4;1-4-12(2)14-9-10-16(13(3)11-14)19-17-8-6-5-7-15(17)18;1-3-5-4-2/h8-9,12,15,18,21-23,26-27,29,38H,3,6-7,10-11,13-14,16-17,19-20,37H2,1-2,4-5H3;5-12H,4H2,1-3H3;3-5H2,1-2H3/b30-25-;;. The molecule has 0 bridgehead atoms. The lowest BCUT2D eigenvalue weighted by molar-refractivity contribution is 0.103. The molecule has 1 aliphatic rings. The van der Waals surface area contributed by atoms with Crippen LogP contribution in [0.5, 0.6) is 17.2 Å². The van der Waals surface area contributed by atoms with Crippen LogP contribution in [-0.4, -0.2) is 16.9 Å². The number of para-hydroxylation sites is 1. The van der Waals surface area contributed by atoms with Crippen LogP contribution in [0.2, 0.25) is 0 Å². The first-order chi connectivity index (χ1) is 30.9. The highest BCUT2D eigenvalue weighted by molar-refractivity contribution is 6.12.